The topological polar surface area (TPSA) is 100 Å². The van der Waals surface area contributed by atoms with E-state index in [-0.39, 0.29) is 30.5 Å². The third kappa shape index (κ3) is 5.93. The highest BCUT2D eigenvalue weighted by atomic mass is 16.5. The van der Waals surface area contributed by atoms with E-state index < -0.39 is 18.2 Å². The lowest BCUT2D eigenvalue weighted by Gasteiger charge is -2.31. The number of hydrogen-bond donors (Lipinski definition) is 3. The van der Waals surface area contributed by atoms with E-state index in [0.717, 1.165) is 35.3 Å². The molecule has 1 aliphatic carbocycles. The maximum Gasteiger partial charge on any atom is 0.243 e. The van der Waals surface area contributed by atoms with Crippen molar-refractivity contribution in [3.63, 3.8) is 0 Å². The van der Waals surface area contributed by atoms with Gasteiger partial charge < -0.3 is 30.1 Å². The standard InChI is InChI=1S/C30H37N3O5/c1-37-21-12-13-22-23(17-21)24-18-28(22)38-15-6-5-10-26(33-14-7-11-29(33)35)30(36)32-25(27(34)19-31-24)16-20-8-3-2-4-9-20/h2-6,8-9,12-13,17,24-28,31,34H,7,10-11,14-16,18-19H2,1H3,(H,32,36)/b6-5-/t24?,25-,26?,27+,28?/m0/s1. The minimum absolute atomic E-state index is 0.00103. The number of nitrogens with one attached hydrogen (secondary N) is 2. The number of likely N-dealkylation sites (tertiary alicyclic amines) is 1. The predicted octanol–water partition coefficient (Wildman–Crippen LogP) is 2.83. The first kappa shape index (κ1) is 26.4. The lowest BCUT2D eigenvalue weighted by molar-refractivity contribution is -0.138. The Kier molecular flexibility index (Phi) is 8.42. The Hall–Kier alpha value is -3.20. The highest BCUT2D eigenvalue weighted by Gasteiger charge is 2.36. The third-order valence-corrected chi connectivity index (χ3v) is 7.84. The average molecular weight is 520 g/mol. The summed E-state index contributed by atoms with van der Waals surface area (Å²) in [5, 5.41) is 18.0. The minimum Gasteiger partial charge on any atom is -0.497 e. The Labute approximate surface area is 224 Å². The molecular weight excluding hydrogens is 482 g/mol. The number of ether oxygens (including phenoxy) is 2. The zero-order chi connectivity index (χ0) is 26.5. The second-order valence-electron chi connectivity index (χ2n) is 10.3. The normalized spacial score (nSPS) is 29.2. The number of carbonyl (C=O) groups excluding carboxylic acids is 2. The van der Waals surface area contributed by atoms with E-state index in [1.54, 1.807) is 12.0 Å². The van der Waals surface area contributed by atoms with Crippen molar-refractivity contribution in [3.8, 4) is 5.75 Å². The highest BCUT2D eigenvalue weighted by Crippen LogP contribution is 2.42. The molecule has 2 aromatic rings. The molecule has 0 aromatic heterocycles. The first-order valence-electron chi connectivity index (χ1n) is 13.5. The van der Waals surface area contributed by atoms with Gasteiger partial charge in [-0.15, -0.1) is 0 Å². The summed E-state index contributed by atoms with van der Waals surface area (Å²) in [6, 6.07) is 14.7. The molecule has 2 aromatic carbocycles. The van der Waals surface area contributed by atoms with Gasteiger partial charge in [-0.25, -0.2) is 0 Å². The van der Waals surface area contributed by atoms with Crippen LogP contribution in [0.4, 0.5) is 0 Å². The number of rotatable bonds is 4. The van der Waals surface area contributed by atoms with Gasteiger partial charge >= 0.3 is 0 Å². The van der Waals surface area contributed by atoms with Crippen LogP contribution in [-0.4, -0.2) is 66.8 Å². The van der Waals surface area contributed by atoms with Crippen molar-refractivity contribution in [1.82, 2.24) is 15.5 Å². The van der Waals surface area contributed by atoms with Gasteiger partial charge in [0.2, 0.25) is 11.8 Å². The zero-order valence-electron chi connectivity index (χ0n) is 21.8. The van der Waals surface area contributed by atoms with Gasteiger partial charge in [0.25, 0.3) is 0 Å². The summed E-state index contributed by atoms with van der Waals surface area (Å²) in [4.78, 5) is 27.8. The third-order valence-electron chi connectivity index (χ3n) is 7.84. The van der Waals surface area contributed by atoms with Crippen LogP contribution in [0.25, 0.3) is 0 Å². The number of hydrogen-bond acceptors (Lipinski definition) is 6. The molecule has 2 heterocycles. The summed E-state index contributed by atoms with van der Waals surface area (Å²) in [7, 11) is 1.65. The molecule has 3 aliphatic rings. The molecule has 8 heteroatoms. The van der Waals surface area contributed by atoms with E-state index in [1.165, 1.54) is 0 Å². The van der Waals surface area contributed by atoms with Crippen LogP contribution in [-0.2, 0) is 20.7 Å². The first-order chi connectivity index (χ1) is 18.5. The van der Waals surface area contributed by atoms with Crippen LogP contribution in [0.1, 0.15) is 54.5 Å². The van der Waals surface area contributed by atoms with Gasteiger partial charge in [0, 0.05) is 25.6 Å². The molecule has 3 unspecified atom stereocenters. The molecule has 0 saturated carbocycles. The van der Waals surface area contributed by atoms with Crippen LogP contribution in [0, 0.1) is 0 Å². The molecule has 2 bridgehead atoms. The van der Waals surface area contributed by atoms with E-state index in [2.05, 4.69) is 16.7 Å². The number of carbonyl (C=O) groups is 2. The monoisotopic (exact) mass is 519 g/mol. The smallest absolute Gasteiger partial charge is 0.243 e. The molecule has 38 heavy (non-hydrogen) atoms. The lowest BCUT2D eigenvalue weighted by Crippen LogP contribution is -2.55. The van der Waals surface area contributed by atoms with Crippen LogP contribution in [0.15, 0.2) is 60.7 Å². The molecule has 0 spiro atoms. The molecular formula is C30H37N3O5. The number of methoxy groups -OCH3 is 1. The molecule has 1 saturated heterocycles. The van der Waals surface area contributed by atoms with Gasteiger partial charge in [-0.2, -0.15) is 0 Å². The summed E-state index contributed by atoms with van der Waals surface area (Å²) >= 11 is 0. The van der Waals surface area contributed by atoms with Gasteiger partial charge in [0.1, 0.15) is 11.8 Å². The van der Waals surface area contributed by atoms with Crippen molar-refractivity contribution in [2.75, 3.05) is 26.8 Å². The van der Waals surface area contributed by atoms with Gasteiger partial charge in [-0.1, -0.05) is 48.6 Å². The second-order valence-corrected chi connectivity index (χ2v) is 10.3. The van der Waals surface area contributed by atoms with Crippen molar-refractivity contribution >= 4 is 11.8 Å². The van der Waals surface area contributed by atoms with Crippen LogP contribution < -0.4 is 15.4 Å². The number of fused-ring (bicyclic) bond motifs is 5. The number of aliphatic hydroxyl groups is 1. The molecule has 1 fully saturated rings. The summed E-state index contributed by atoms with van der Waals surface area (Å²) in [6.07, 6.45) is 5.76. The van der Waals surface area contributed by atoms with E-state index >= 15 is 0 Å². The Morgan fingerprint density at radius 1 is 1.11 bits per heavy atom. The van der Waals surface area contributed by atoms with Gasteiger partial charge in [0.15, 0.2) is 0 Å². The zero-order valence-corrected chi connectivity index (χ0v) is 21.8. The Morgan fingerprint density at radius 3 is 2.71 bits per heavy atom. The molecule has 0 radical (unpaired) electrons. The number of aliphatic hydroxyl groups excluding tert-OH is 1. The van der Waals surface area contributed by atoms with Crippen molar-refractivity contribution < 1.29 is 24.2 Å². The molecule has 8 nitrogen and oxygen atoms in total. The number of nitrogens with zero attached hydrogens (tertiary/aromatic N) is 1. The van der Waals surface area contributed by atoms with Crippen LogP contribution >= 0.6 is 0 Å². The van der Waals surface area contributed by atoms with Crippen LogP contribution in [0.5, 0.6) is 5.75 Å². The number of amides is 2. The Bertz CT molecular complexity index is 1150. The van der Waals surface area contributed by atoms with Gasteiger partial charge in [0.05, 0.1) is 32.0 Å². The van der Waals surface area contributed by atoms with E-state index in [4.69, 9.17) is 9.47 Å². The molecule has 5 rings (SSSR count). The summed E-state index contributed by atoms with van der Waals surface area (Å²) in [5.41, 5.74) is 3.25. The van der Waals surface area contributed by atoms with Crippen molar-refractivity contribution in [1.29, 1.82) is 0 Å². The fourth-order valence-corrected chi connectivity index (χ4v) is 5.77. The second kappa shape index (κ2) is 12.1. The molecule has 2 aliphatic heterocycles. The summed E-state index contributed by atoms with van der Waals surface area (Å²) < 4.78 is 11.7. The maximum absolute atomic E-state index is 13.6. The Morgan fingerprint density at radius 2 is 1.95 bits per heavy atom. The SMILES string of the molecule is COc1ccc2c(c1)C1CC2OC/C=C\CC(N2CCCC2=O)C(=O)N[C@@H](Cc2ccccc2)[C@H](O)CN1. The fourth-order valence-electron chi connectivity index (χ4n) is 5.77. The molecule has 3 N–H and O–H groups in total. The average Bonchev–Trinajstić information content (AvgIpc) is 3.51. The van der Waals surface area contributed by atoms with E-state index in [9.17, 15) is 14.7 Å². The quantitative estimate of drug-likeness (QED) is 0.538. The largest absolute Gasteiger partial charge is 0.497 e. The number of β-amino-alcohol motifs (C(OH)–C–C–N with tert-alkyl or cyclic N) is 1. The van der Waals surface area contributed by atoms with Crippen LogP contribution in [0.3, 0.4) is 0 Å². The van der Waals surface area contributed by atoms with Crippen molar-refractivity contribution in [3.05, 3.63) is 77.4 Å². The van der Waals surface area contributed by atoms with Crippen LogP contribution in [0.2, 0.25) is 0 Å². The maximum atomic E-state index is 13.6. The lowest BCUT2D eigenvalue weighted by atomic mass is 9.99. The minimum atomic E-state index is -0.844. The first-order valence-corrected chi connectivity index (χ1v) is 13.5. The van der Waals surface area contributed by atoms with Gasteiger partial charge in [-0.05, 0) is 54.5 Å². The molecule has 202 valence electrons. The fraction of sp³-hybridized carbons (Fsp3) is 0.467. The van der Waals surface area contributed by atoms with Crippen molar-refractivity contribution in [2.45, 2.75) is 62.4 Å². The predicted molar refractivity (Wildman–Crippen MR) is 144 cm³/mol. The van der Waals surface area contributed by atoms with E-state index in [0.29, 0.717) is 32.4 Å². The van der Waals surface area contributed by atoms with Gasteiger partial charge in [-0.3, -0.25) is 9.59 Å². The van der Waals surface area contributed by atoms with E-state index in [1.807, 2.05) is 54.6 Å². The summed E-state index contributed by atoms with van der Waals surface area (Å²) in [5.74, 6) is 0.541. The Balaban J connectivity index is 1.43. The summed E-state index contributed by atoms with van der Waals surface area (Å²) in [6.45, 7) is 1.26. The number of benzene rings is 2. The van der Waals surface area contributed by atoms with Crippen molar-refractivity contribution in [2.24, 2.45) is 0 Å². The molecule has 2 amide bonds. The highest BCUT2D eigenvalue weighted by molar-refractivity contribution is 5.89. The molecule has 5 atom stereocenters.